The van der Waals surface area contributed by atoms with Gasteiger partial charge in [-0.2, -0.15) is 0 Å². The fourth-order valence-electron chi connectivity index (χ4n) is 2.94. The minimum Gasteiger partial charge on any atom is -0.495 e. The van der Waals surface area contributed by atoms with Crippen molar-refractivity contribution in [3.8, 4) is 5.75 Å². The van der Waals surface area contributed by atoms with Gasteiger partial charge in [0.25, 0.3) is 5.91 Å². The van der Waals surface area contributed by atoms with Gasteiger partial charge in [-0.15, -0.1) is 0 Å². The number of methoxy groups -OCH3 is 1. The average Bonchev–Trinajstić information content (AvgIpc) is 2.70. The predicted octanol–water partition coefficient (Wildman–Crippen LogP) is 3.57. The fraction of sp³-hybridized carbons (Fsp3) is 0.591. The predicted molar refractivity (Wildman–Crippen MR) is 124 cm³/mol. The first-order valence-corrected chi connectivity index (χ1v) is 10.8. The summed E-state index contributed by atoms with van der Waals surface area (Å²) in [4.78, 5) is 39.2. The lowest BCUT2D eigenvalue weighted by Gasteiger charge is -2.35. The molecule has 1 rings (SSSR count). The molecule has 0 saturated heterocycles. The first-order chi connectivity index (χ1) is 14.8. The molecule has 0 spiro atoms. The zero-order chi connectivity index (χ0) is 24.6. The monoisotopic (exact) mass is 470 g/mol. The number of halogens is 1. The van der Waals surface area contributed by atoms with Crippen LogP contribution in [0.1, 0.15) is 46.6 Å². The Bertz CT molecular complexity index is 823. The molecule has 10 heteroatoms. The lowest BCUT2D eigenvalue weighted by Crippen LogP contribution is -2.57. The van der Waals surface area contributed by atoms with Gasteiger partial charge < -0.3 is 20.3 Å². The molecule has 0 aliphatic rings. The second-order valence-electron chi connectivity index (χ2n) is 9.18. The largest absolute Gasteiger partial charge is 0.495 e. The Morgan fingerprint density at radius 3 is 2.34 bits per heavy atom. The summed E-state index contributed by atoms with van der Waals surface area (Å²) in [5.41, 5.74) is 2.06. The summed E-state index contributed by atoms with van der Waals surface area (Å²) in [5, 5.41) is 14.8. The molecule has 0 radical (unpaired) electrons. The van der Waals surface area contributed by atoms with Crippen molar-refractivity contribution in [1.29, 1.82) is 0 Å². The number of hydroxylamine groups is 1. The van der Waals surface area contributed by atoms with Gasteiger partial charge in [0.1, 0.15) is 18.3 Å². The Labute approximate surface area is 194 Å². The summed E-state index contributed by atoms with van der Waals surface area (Å²) in [6.45, 7) is 11.2. The number of urea groups is 1. The number of amides is 4. The van der Waals surface area contributed by atoms with Gasteiger partial charge >= 0.3 is 6.03 Å². The summed E-state index contributed by atoms with van der Waals surface area (Å²) in [6.07, 6.45) is 0.661. The van der Waals surface area contributed by atoms with E-state index in [4.69, 9.17) is 21.5 Å². The van der Waals surface area contributed by atoms with Crippen molar-refractivity contribution in [3.05, 3.63) is 22.7 Å². The topological polar surface area (TPSA) is 120 Å². The van der Waals surface area contributed by atoms with E-state index in [-0.39, 0.29) is 6.54 Å². The smallest absolute Gasteiger partial charge is 0.320 e. The van der Waals surface area contributed by atoms with Crippen molar-refractivity contribution in [3.63, 3.8) is 0 Å². The molecule has 4 amide bonds. The highest BCUT2D eigenvalue weighted by atomic mass is 35.5. The third kappa shape index (κ3) is 8.20. The Balaban J connectivity index is 3.11. The van der Waals surface area contributed by atoms with Crippen molar-refractivity contribution >= 4 is 35.1 Å². The molecule has 0 unspecified atom stereocenters. The highest BCUT2D eigenvalue weighted by molar-refractivity contribution is 6.31. The number of aryl methyl sites for hydroxylation is 1. The third-order valence-corrected chi connectivity index (χ3v) is 5.27. The maximum Gasteiger partial charge on any atom is 0.320 e. The SMILES string of the molecule is COc1cc(Cl)c(C)cc1NC(=O)N[C@H](C(=O)N(CCC(C)C)CC(=O)NO)C(C)(C)C. The zero-order valence-electron chi connectivity index (χ0n) is 19.8. The molecule has 0 heterocycles. The number of ether oxygens (including phenoxy) is 1. The van der Waals surface area contributed by atoms with Gasteiger partial charge in [-0.05, 0) is 36.3 Å². The highest BCUT2D eigenvalue weighted by Gasteiger charge is 2.36. The lowest BCUT2D eigenvalue weighted by atomic mass is 9.85. The normalized spacial score (nSPS) is 12.2. The molecule has 9 nitrogen and oxygen atoms in total. The molecule has 180 valence electrons. The molecular formula is C22H35ClN4O5. The van der Waals surface area contributed by atoms with Gasteiger partial charge in [0, 0.05) is 17.6 Å². The van der Waals surface area contributed by atoms with E-state index in [1.807, 2.05) is 34.6 Å². The third-order valence-electron chi connectivity index (χ3n) is 4.86. The van der Waals surface area contributed by atoms with Crippen LogP contribution in [0.15, 0.2) is 12.1 Å². The van der Waals surface area contributed by atoms with Crippen LogP contribution in [-0.4, -0.2) is 54.2 Å². The van der Waals surface area contributed by atoms with E-state index in [0.717, 1.165) is 5.56 Å². The average molecular weight is 471 g/mol. The number of carbonyl (C=O) groups excluding carboxylic acids is 3. The Hall–Kier alpha value is -2.52. The second-order valence-corrected chi connectivity index (χ2v) is 9.58. The van der Waals surface area contributed by atoms with E-state index in [1.165, 1.54) is 12.0 Å². The summed E-state index contributed by atoms with van der Waals surface area (Å²) in [7, 11) is 1.46. The lowest BCUT2D eigenvalue weighted by molar-refractivity contribution is -0.142. The van der Waals surface area contributed by atoms with Crippen LogP contribution in [0.5, 0.6) is 5.75 Å². The van der Waals surface area contributed by atoms with Crippen LogP contribution in [0.3, 0.4) is 0 Å². The number of nitrogens with one attached hydrogen (secondary N) is 3. The van der Waals surface area contributed by atoms with Gasteiger partial charge in [-0.1, -0.05) is 46.2 Å². The van der Waals surface area contributed by atoms with Crippen LogP contribution in [0.4, 0.5) is 10.5 Å². The van der Waals surface area contributed by atoms with Crippen LogP contribution in [0, 0.1) is 18.3 Å². The number of hydrogen-bond donors (Lipinski definition) is 4. The van der Waals surface area contributed by atoms with Crippen molar-refractivity contribution in [2.45, 2.75) is 54.0 Å². The van der Waals surface area contributed by atoms with Crippen molar-refractivity contribution in [1.82, 2.24) is 15.7 Å². The fourth-order valence-corrected chi connectivity index (χ4v) is 3.09. The zero-order valence-corrected chi connectivity index (χ0v) is 20.6. The van der Waals surface area contributed by atoms with Crippen LogP contribution in [0.2, 0.25) is 5.02 Å². The number of benzene rings is 1. The van der Waals surface area contributed by atoms with E-state index in [9.17, 15) is 14.4 Å². The van der Waals surface area contributed by atoms with Gasteiger partial charge in [-0.25, -0.2) is 10.3 Å². The standard InChI is InChI=1S/C22H35ClN4O5/c1-13(2)8-9-27(12-18(28)26-31)20(29)19(22(4,5)6)25-21(30)24-16-10-14(3)15(23)11-17(16)32-7/h10-11,13,19,31H,8-9,12H2,1-7H3,(H,26,28)(H2,24,25,30)/t19-/m1/s1. The van der Waals surface area contributed by atoms with Gasteiger partial charge in [0.15, 0.2) is 0 Å². The number of carbonyl (C=O) groups is 3. The quantitative estimate of drug-likeness (QED) is 0.325. The highest BCUT2D eigenvalue weighted by Crippen LogP contribution is 2.31. The van der Waals surface area contributed by atoms with E-state index < -0.39 is 29.3 Å². The maximum absolute atomic E-state index is 13.3. The Kier molecular flexibility index (Phi) is 10.2. The van der Waals surface area contributed by atoms with E-state index >= 15 is 0 Å². The molecule has 0 fully saturated rings. The minimum absolute atomic E-state index is 0.299. The van der Waals surface area contributed by atoms with Gasteiger partial charge in [-0.3, -0.25) is 14.8 Å². The molecule has 0 aliphatic heterocycles. The molecule has 1 aromatic carbocycles. The molecule has 0 saturated carbocycles. The Morgan fingerprint density at radius 1 is 1.22 bits per heavy atom. The van der Waals surface area contributed by atoms with Gasteiger partial charge in [0.2, 0.25) is 5.91 Å². The van der Waals surface area contributed by atoms with Crippen LogP contribution >= 0.6 is 11.6 Å². The first-order valence-electron chi connectivity index (χ1n) is 10.4. The van der Waals surface area contributed by atoms with Crippen LogP contribution < -0.4 is 20.9 Å². The summed E-state index contributed by atoms with van der Waals surface area (Å²) in [5.74, 6) is -0.447. The Morgan fingerprint density at radius 2 is 1.84 bits per heavy atom. The molecule has 1 atom stereocenters. The second kappa shape index (κ2) is 11.9. The molecule has 0 aliphatic carbocycles. The molecule has 1 aromatic rings. The number of anilines is 1. The van der Waals surface area contributed by atoms with Crippen molar-refractivity contribution < 1.29 is 24.3 Å². The van der Waals surface area contributed by atoms with Crippen LogP contribution in [-0.2, 0) is 9.59 Å². The molecule has 32 heavy (non-hydrogen) atoms. The molecule has 0 bridgehead atoms. The summed E-state index contributed by atoms with van der Waals surface area (Å²) < 4.78 is 5.28. The van der Waals surface area contributed by atoms with Crippen LogP contribution in [0.25, 0.3) is 0 Å². The first kappa shape index (κ1) is 27.5. The molecular weight excluding hydrogens is 436 g/mol. The van der Waals surface area contributed by atoms with Crippen molar-refractivity contribution in [2.75, 3.05) is 25.5 Å². The van der Waals surface area contributed by atoms with Gasteiger partial charge in [0.05, 0.1) is 12.8 Å². The number of nitrogens with zero attached hydrogens (tertiary/aromatic N) is 1. The summed E-state index contributed by atoms with van der Waals surface area (Å²) in [6, 6.07) is 1.74. The van der Waals surface area contributed by atoms with E-state index in [2.05, 4.69) is 10.6 Å². The van der Waals surface area contributed by atoms with E-state index in [1.54, 1.807) is 24.5 Å². The maximum atomic E-state index is 13.3. The number of hydrogen-bond acceptors (Lipinski definition) is 5. The summed E-state index contributed by atoms with van der Waals surface area (Å²) >= 11 is 6.12. The van der Waals surface area contributed by atoms with E-state index in [0.29, 0.717) is 35.3 Å². The molecule has 0 aromatic heterocycles. The molecule has 4 N–H and O–H groups in total. The number of rotatable bonds is 9. The minimum atomic E-state index is -0.930. The van der Waals surface area contributed by atoms with Crippen molar-refractivity contribution in [2.24, 2.45) is 11.3 Å².